The van der Waals surface area contributed by atoms with Crippen LogP contribution in [0.4, 0.5) is 4.39 Å². The van der Waals surface area contributed by atoms with Gasteiger partial charge >= 0.3 is 0 Å². The van der Waals surface area contributed by atoms with Crippen molar-refractivity contribution in [1.29, 1.82) is 0 Å². The fraction of sp³-hybridized carbons (Fsp3) is 0.330. The monoisotopic (exact) mass is 1760 g/mol. The topological polar surface area (TPSA) is 246 Å². The number of ether oxygens (including phenoxy) is 4. The maximum atomic E-state index is 14.4. The number of halogens is 6. The number of piperidine rings is 2. The first-order chi connectivity index (χ1) is 60.8. The molecule has 5 aliphatic heterocycles. The number of aromatic amines is 1. The molecule has 124 heavy (non-hydrogen) atoms. The van der Waals surface area contributed by atoms with Gasteiger partial charge in [0.25, 0.3) is 0 Å². The van der Waals surface area contributed by atoms with Crippen LogP contribution in [0.15, 0.2) is 208 Å². The number of hydrogen-bond acceptors (Lipinski definition) is 18. The third-order valence-corrected chi connectivity index (χ3v) is 25.2. The summed E-state index contributed by atoms with van der Waals surface area (Å²) < 4.78 is 45.8. The Hall–Kier alpha value is -10.8. The largest absolute Gasteiger partial charge is 0.506 e. The fourth-order valence-electron chi connectivity index (χ4n) is 17.4. The Kier molecular flexibility index (Phi) is 27.5. The first-order valence-electron chi connectivity index (χ1n) is 42.4. The van der Waals surface area contributed by atoms with Gasteiger partial charge in [0.05, 0.1) is 157 Å². The minimum Gasteiger partial charge on any atom is -0.506 e. The molecular formula is C94H95Cl5FN19O5. The van der Waals surface area contributed by atoms with Crippen LogP contribution in [-0.4, -0.2) is 178 Å². The predicted octanol–water partition coefficient (Wildman–Crippen LogP) is 21.0. The van der Waals surface area contributed by atoms with E-state index in [9.17, 15) is 9.50 Å². The molecule has 16 heterocycles. The molecule has 2 N–H and O–H groups in total. The lowest BCUT2D eigenvalue weighted by Crippen LogP contribution is -2.33. The van der Waals surface area contributed by atoms with Crippen LogP contribution in [0.25, 0.3) is 83.0 Å². The summed E-state index contributed by atoms with van der Waals surface area (Å²) >= 11 is 30.0. The number of benzene rings is 5. The van der Waals surface area contributed by atoms with Crippen LogP contribution < -0.4 is 4.74 Å². The molecule has 30 heteroatoms. The van der Waals surface area contributed by atoms with Gasteiger partial charge in [0, 0.05) is 136 Å². The van der Waals surface area contributed by atoms with Crippen molar-refractivity contribution in [2.45, 2.75) is 120 Å². The normalized spacial score (nSPS) is 16.1. The summed E-state index contributed by atoms with van der Waals surface area (Å²) in [5.74, 6) is 2.43. The SMILES string of the molecule is CCCCN1CCC(c2nn(-c3ccc(Cl)cc3)c3cnccc23)CC1.COc1cncc2c1c(C1CCOCC1)nn2-c1ccc(Cl)cc1.Clc1ccc(-n2nc(C3CCN(Cc4ccn[nH]4)CC3)c3ccncc32)cc1.Fc1cncc2c1c(C1CCOCC1)nn2-c1ccc(Cl)cc1.Oc1cncc2c1c(C1CCOCC1)nn2-c1ccc(Cl)cc1. The summed E-state index contributed by atoms with van der Waals surface area (Å²) in [6.45, 7) is 13.3. The van der Waals surface area contributed by atoms with E-state index in [1.165, 1.54) is 85.6 Å². The van der Waals surface area contributed by atoms with Gasteiger partial charge in [-0.15, -0.1) is 0 Å². The highest BCUT2D eigenvalue weighted by Crippen LogP contribution is 2.42. The highest BCUT2D eigenvalue weighted by molar-refractivity contribution is 6.31. The van der Waals surface area contributed by atoms with Crippen LogP contribution in [0.5, 0.6) is 11.5 Å². The molecule has 0 aliphatic carbocycles. The van der Waals surface area contributed by atoms with Crippen molar-refractivity contribution in [1.82, 2.24) is 93.8 Å². The molecule has 0 spiro atoms. The Morgan fingerprint density at radius 2 is 0.734 bits per heavy atom. The molecule has 0 bridgehead atoms. The summed E-state index contributed by atoms with van der Waals surface area (Å²) in [6.07, 6.45) is 31.6. The highest BCUT2D eigenvalue weighted by atomic mass is 35.5. The molecule has 16 aromatic rings. The molecular weight excluding hydrogens is 1670 g/mol. The number of H-pyrrole nitrogens is 1. The number of likely N-dealkylation sites (tertiary alicyclic amines) is 2. The Labute approximate surface area is 742 Å². The molecule has 638 valence electrons. The zero-order valence-electron chi connectivity index (χ0n) is 68.9. The molecule has 11 aromatic heterocycles. The van der Waals surface area contributed by atoms with Crippen LogP contribution in [0, 0.1) is 5.82 Å². The van der Waals surface area contributed by atoms with E-state index in [-0.39, 0.29) is 23.4 Å². The highest BCUT2D eigenvalue weighted by Gasteiger charge is 2.32. The van der Waals surface area contributed by atoms with Crippen LogP contribution in [0.2, 0.25) is 25.1 Å². The third kappa shape index (κ3) is 19.3. The predicted molar refractivity (Wildman–Crippen MR) is 485 cm³/mol. The van der Waals surface area contributed by atoms with E-state index in [0.29, 0.717) is 56.9 Å². The van der Waals surface area contributed by atoms with Crippen LogP contribution >= 0.6 is 58.0 Å². The van der Waals surface area contributed by atoms with Crippen LogP contribution in [-0.2, 0) is 20.8 Å². The van der Waals surface area contributed by atoms with E-state index in [1.807, 2.05) is 171 Å². The Bertz CT molecular complexity index is 6080. The second kappa shape index (κ2) is 40.0. The number of rotatable bonds is 16. The quantitative estimate of drug-likeness (QED) is 0.0913. The van der Waals surface area contributed by atoms with Crippen molar-refractivity contribution in [2.24, 2.45) is 0 Å². The van der Waals surface area contributed by atoms with E-state index >= 15 is 0 Å². The number of nitrogens with one attached hydrogen (secondary N) is 1. The smallest absolute Gasteiger partial charge is 0.152 e. The second-order valence-electron chi connectivity index (χ2n) is 31.7. The summed E-state index contributed by atoms with van der Waals surface area (Å²) in [7, 11) is 1.67. The Balaban J connectivity index is 0.000000110. The van der Waals surface area contributed by atoms with E-state index in [1.54, 1.807) is 42.5 Å². The molecule has 5 saturated heterocycles. The Morgan fingerprint density at radius 1 is 0.387 bits per heavy atom. The van der Waals surface area contributed by atoms with Crippen LogP contribution in [0.3, 0.4) is 0 Å². The molecule has 5 aliphatic rings. The van der Waals surface area contributed by atoms with Gasteiger partial charge in [0.2, 0.25) is 0 Å². The molecule has 21 rings (SSSR count). The summed E-state index contributed by atoms with van der Waals surface area (Å²) in [6, 6.07) is 44.3. The average Bonchev–Trinajstić information content (AvgIpc) is 1.64. The lowest BCUT2D eigenvalue weighted by atomic mass is 9.92. The lowest BCUT2D eigenvalue weighted by Gasteiger charge is -2.31. The van der Waals surface area contributed by atoms with Crippen molar-refractivity contribution >= 4 is 113 Å². The summed E-state index contributed by atoms with van der Waals surface area (Å²) in [5.41, 5.74) is 15.6. The standard InChI is InChI=1S/C21H21ClN6.C21H25ClN4.C18H18ClN3O2.C17H15ClFN3O.C17H16ClN3O2/c22-16-1-3-18(4-2-16)28-20-13-23-9-6-19(20)21(26-28)15-7-11-27(12-8-15)14-17-5-10-24-25-17;1-2-3-12-25-13-9-16(10-14-25)21-19-8-11-23-15-20(19)26(24-21)18-6-4-17(22)5-7-18;1-23-16-11-20-10-15-17(16)18(12-6-8-24-9-7-12)21-22(15)14-4-2-13(19)3-5-14;18-12-1-3-13(4-2-12)22-15-10-20-9-14(19)16(15)17(21-22)11-5-7-23-8-6-11;18-12-1-3-13(4-2-12)21-14-9-19-10-15(22)16(14)17(20-21)11-5-7-23-8-6-11/h1-6,9-10,13,15H,7-8,11-12,14H2,(H,24,25);4-8,11,15-16H,2-3,9-10,12-14H2,1H3;2-5,10-12H,6-9H2,1H3;1-4,9-11H,5-8H2;1-4,9-11,22H,5-8H2. The second-order valence-corrected chi connectivity index (χ2v) is 33.9. The number of hydrogen-bond donors (Lipinski definition) is 2. The van der Waals surface area contributed by atoms with Crippen molar-refractivity contribution < 1.29 is 28.4 Å². The van der Waals surface area contributed by atoms with Gasteiger partial charge in [-0.05, 0) is 243 Å². The fourth-order valence-corrected chi connectivity index (χ4v) is 18.0. The average molecular weight is 1770 g/mol. The molecule has 0 atom stereocenters. The van der Waals surface area contributed by atoms with E-state index in [0.717, 1.165) is 192 Å². The van der Waals surface area contributed by atoms with Gasteiger partial charge in [0.15, 0.2) is 5.82 Å². The number of unbranched alkanes of at least 4 members (excludes halogenated alkanes) is 1. The maximum absolute atomic E-state index is 14.4. The molecule has 0 amide bonds. The first kappa shape index (κ1) is 85.4. The molecule has 0 radical (unpaired) electrons. The van der Waals surface area contributed by atoms with Gasteiger partial charge in [-0.3, -0.25) is 34.9 Å². The number of fused-ring (bicyclic) bond motifs is 5. The molecule has 5 fully saturated rings. The third-order valence-electron chi connectivity index (χ3n) is 23.9. The van der Waals surface area contributed by atoms with Crippen molar-refractivity contribution in [2.75, 3.05) is 79.5 Å². The van der Waals surface area contributed by atoms with Gasteiger partial charge in [-0.1, -0.05) is 71.3 Å². The number of nitrogens with zero attached hydrogens (tertiary/aromatic N) is 18. The zero-order chi connectivity index (χ0) is 85.0. The van der Waals surface area contributed by atoms with Crippen molar-refractivity contribution in [3.05, 3.63) is 273 Å². The van der Waals surface area contributed by atoms with Gasteiger partial charge < -0.3 is 29.0 Å². The summed E-state index contributed by atoms with van der Waals surface area (Å²) in [4.78, 5) is 26.1. The van der Waals surface area contributed by atoms with Crippen LogP contribution in [0.1, 0.15) is 148 Å². The minimum atomic E-state index is -0.329. The molecule has 0 saturated carbocycles. The number of pyridine rings is 5. The minimum absolute atomic E-state index is 0.171. The van der Waals surface area contributed by atoms with Crippen molar-refractivity contribution in [3.63, 3.8) is 0 Å². The first-order valence-corrected chi connectivity index (χ1v) is 44.3. The lowest BCUT2D eigenvalue weighted by molar-refractivity contribution is 0.0845. The van der Waals surface area contributed by atoms with E-state index in [2.05, 4.69) is 64.0 Å². The van der Waals surface area contributed by atoms with Gasteiger partial charge in [-0.25, -0.2) is 27.8 Å². The maximum Gasteiger partial charge on any atom is 0.152 e. The summed E-state index contributed by atoms with van der Waals surface area (Å²) in [5, 5.41) is 50.2. The molecule has 24 nitrogen and oxygen atoms in total. The Morgan fingerprint density at radius 3 is 1.14 bits per heavy atom. The number of aromatic hydroxyl groups is 1. The van der Waals surface area contributed by atoms with Gasteiger partial charge in [-0.2, -0.15) is 30.6 Å². The number of methoxy groups -OCH3 is 1. The van der Waals surface area contributed by atoms with E-state index in [4.69, 9.17) is 102 Å². The van der Waals surface area contributed by atoms with E-state index < -0.39 is 0 Å². The molecule has 0 unspecified atom stereocenters. The van der Waals surface area contributed by atoms with Crippen molar-refractivity contribution in [3.8, 4) is 39.9 Å². The number of aromatic nitrogens is 17. The van der Waals surface area contributed by atoms with Gasteiger partial charge in [0.1, 0.15) is 11.5 Å². The molecule has 5 aromatic carbocycles. The zero-order valence-corrected chi connectivity index (χ0v) is 72.7.